The Hall–Kier alpha value is -1.74. The summed E-state index contributed by atoms with van der Waals surface area (Å²) in [6.07, 6.45) is 1.65. The molecule has 0 saturated heterocycles. The van der Waals surface area contributed by atoms with Crippen molar-refractivity contribution < 1.29 is 0 Å². The van der Waals surface area contributed by atoms with Crippen LogP contribution >= 0.6 is 11.6 Å². The third-order valence-electron chi connectivity index (χ3n) is 2.47. The zero-order valence-corrected chi connectivity index (χ0v) is 10.3. The molecular formula is C13H14ClN3. The second kappa shape index (κ2) is 5.06. The normalized spacial score (nSPS) is 10.2. The number of aryl methyl sites for hydroxylation is 1. The van der Waals surface area contributed by atoms with Crippen LogP contribution in [0.2, 0.25) is 5.02 Å². The van der Waals surface area contributed by atoms with Gasteiger partial charge < -0.3 is 11.1 Å². The number of hydrogen-bond acceptors (Lipinski definition) is 3. The van der Waals surface area contributed by atoms with Crippen molar-refractivity contribution in [2.45, 2.75) is 13.5 Å². The number of anilines is 2. The van der Waals surface area contributed by atoms with Crippen LogP contribution in [0.15, 0.2) is 36.5 Å². The Labute approximate surface area is 106 Å². The molecule has 0 radical (unpaired) electrons. The van der Waals surface area contributed by atoms with E-state index in [2.05, 4.69) is 10.3 Å². The highest BCUT2D eigenvalue weighted by Crippen LogP contribution is 2.15. The lowest BCUT2D eigenvalue weighted by Crippen LogP contribution is -2.03. The van der Waals surface area contributed by atoms with E-state index in [1.54, 1.807) is 6.20 Å². The summed E-state index contributed by atoms with van der Waals surface area (Å²) in [7, 11) is 0. The van der Waals surface area contributed by atoms with Crippen molar-refractivity contribution in [3.8, 4) is 0 Å². The lowest BCUT2D eigenvalue weighted by molar-refractivity contribution is 1.10. The summed E-state index contributed by atoms with van der Waals surface area (Å²) >= 11 is 5.82. The molecule has 1 heterocycles. The molecule has 3 nitrogen and oxygen atoms in total. The molecule has 0 fully saturated rings. The molecule has 2 aromatic rings. The highest BCUT2D eigenvalue weighted by molar-refractivity contribution is 6.30. The number of rotatable bonds is 3. The number of benzene rings is 1. The zero-order valence-electron chi connectivity index (χ0n) is 9.57. The van der Waals surface area contributed by atoms with Crippen molar-refractivity contribution in [3.63, 3.8) is 0 Å². The number of aromatic nitrogens is 1. The molecule has 88 valence electrons. The van der Waals surface area contributed by atoms with Crippen molar-refractivity contribution in [2.75, 3.05) is 11.1 Å². The van der Waals surface area contributed by atoms with Crippen LogP contribution in [0.4, 0.5) is 11.5 Å². The van der Waals surface area contributed by atoms with E-state index in [0.717, 1.165) is 28.5 Å². The van der Waals surface area contributed by atoms with Crippen LogP contribution in [0.5, 0.6) is 0 Å². The molecule has 0 unspecified atom stereocenters. The van der Waals surface area contributed by atoms with E-state index in [1.807, 2.05) is 37.3 Å². The molecule has 0 saturated carbocycles. The van der Waals surface area contributed by atoms with E-state index in [9.17, 15) is 0 Å². The van der Waals surface area contributed by atoms with Gasteiger partial charge in [-0.2, -0.15) is 0 Å². The Morgan fingerprint density at radius 1 is 1.29 bits per heavy atom. The maximum atomic E-state index is 5.82. The van der Waals surface area contributed by atoms with Crippen molar-refractivity contribution in [1.82, 2.24) is 4.98 Å². The number of nitrogen functional groups attached to an aromatic ring is 1. The van der Waals surface area contributed by atoms with Crippen LogP contribution < -0.4 is 11.1 Å². The monoisotopic (exact) mass is 247 g/mol. The van der Waals surface area contributed by atoms with Gasteiger partial charge in [0.2, 0.25) is 0 Å². The van der Waals surface area contributed by atoms with Crippen molar-refractivity contribution >= 4 is 23.1 Å². The second-order valence-electron chi connectivity index (χ2n) is 3.91. The topological polar surface area (TPSA) is 50.9 Å². The fourth-order valence-corrected chi connectivity index (χ4v) is 1.70. The van der Waals surface area contributed by atoms with Gasteiger partial charge in [0.15, 0.2) is 0 Å². The zero-order chi connectivity index (χ0) is 12.3. The van der Waals surface area contributed by atoms with Crippen LogP contribution in [0.3, 0.4) is 0 Å². The molecule has 0 spiro atoms. The molecule has 0 aliphatic rings. The predicted octanol–water partition coefficient (Wildman–Crippen LogP) is 3.24. The van der Waals surface area contributed by atoms with Crippen LogP contribution in [0.25, 0.3) is 0 Å². The summed E-state index contributed by atoms with van der Waals surface area (Å²) < 4.78 is 0. The van der Waals surface area contributed by atoms with Gasteiger partial charge >= 0.3 is 0 Å². The highest BCUT2D eigenvalue weighted by atomic mass is 35.5. The predicted molar refractivity (Wildman–Crippen MR) is 72.2 cm³/mol. The maximum absolute atomic E-state index is 5.82. The van der Waals surface area contributed by atoms with E-state index in [1.165, 1.54) is 0 Å². The largest absolute Gasteiger partial charge is 0.397 e. The van der Waals surface area contributed by atoms with E-state index in [4.69, 9.17) is 17.3 Å². The highest BCUT2D eigenvalue weighted by Gasteiger charge is 2.00. The van der Waals surface area contributed by atoms with Gasteiger partial charge in [-0.05, 0) is 36.2 Å². The van der Waals surface area contributed by atoms with Gasteiger partial charge in [0.1, 0.15) is 5.82 Å². The molecule has 0 aliphatic carbocycles. The summed E-state index contributed by atoms with van der Waals surface area (Å²) in [4.78, 5) is 4.25. The van der Waals surface area contributed by atoms with Gasteiger partial charge in [0, 0.05) is 11.6 Å². The Bertz CT molecular complexity index is 509. The lowest BCUT2D eigenvalue weighted by atomic mass is 10.2. The van der Waals surface area contributed by atoms with Gasteiger partial charge in [-0.3, -0.25) is 0 Å². The molecule has 0 atom stereocenters. The Balaban J connectivity index is 2.04. The third kappa shape index (κ3) is 3.11. The molecule has 0 bridgehead atoms. The Kier molecular flexibility index (Phi) is 3.49. The van der Waals surface area contributed by atoms with E-state index < -0.39 is 0 Å². The lowest BCUT2D eigenvalue weighted by Gasteiger charge is -2.09. The Morgan fingerprint density at radius 2 is 2.00 bits per heavy atom. The van der Waals surface area contributed by atoms with Crippen LogP contribution in [0.1, 0.15) is 11.1 Å². The van der Waals surface area contributed by atoms with Crippen molar-refractivity contribution in [3.05, 3.63) is 52.7 Å². The molecule has 3 N–H and O–H groups in total. The summed E-state index contributed by atoms with van der Waals surface area (Å²) in [5, 5.41) is 4.01. The summed E-state index contributed by atoms with van der Waals surface area (Å²) in [6.45, 7) is 2.70. The third-order valence-corrected chi connectivity index (χ3v) is 2.72. The van der Waals surface area contributed by atoms with E-state index in [-0.39, 0.29) is 0 Å². The minimum Gasteiger partial charge on any atom is -0.397 e. The molecule has 4 heteroatoms. The number of nitrogens with zero attached hydrogens (tertiary/aromatic N) is 1. The SMILES string of the molecule is Cc1cc(N)cnc1NCc1ccc(Cl)cc1. The smallest absolute Gasteiger partial charge is 0.129 e. The average molecular weight is 248 g/mol. The molecule has 1 aromatic heterocycles. The van der Waals surface area contributed by atoms with Gasteiger partial charge in [-0.25, -0.2) is 4.98 Å². The van der Waals surface area contributed by atoms with Gasteiger partial charge in [0.05, 0.1) is 11.9 Å². The van der Waals surface area contributed by atoms with Crippen molar-refractivity contribution in [1.29, 1.82) is 0 Å². The first-order valence-electron chi connectivity index (χ1n) is 5.35. The van der Waals surface area contributed by atoms with Crippen LogP contribution in [-0.4, -0.2) is 4.98 Å². The molecular weight excluding hydrogens is 234 g/mol. The van der Waals surface area contributed by atoms with Crippen molar-refractivity contribution in [2.24, 2.45) is 0 Å². The quantitative estimate of drug-likeness (QED) is 0.876. The Morgan fingerprint density at radius 3 is 2.65 bits per heavy atom. The van der Waals surface area contributed by atoms with Gasteiger partial charge in [-0.1, -0.05) is 23.7 Å². The molecule has 0 aliphatic heterocycles. The fraction of sp³-hybridized carbons (Fsp3) is 0.154. The molecule has 2 rings (SSSR count). The first kappa shape index (κ1) is 11.7. The second-order valence-corrected chi connectivity index (χ2v) is 4.35. The summed E-state index contributed by atoms with van der Waals surface area (Å²) in [5.74, 6) is 0.856. The fourth-order valence-electron chi connectivity index (χ4n) is 1.57. The van der Waals surface area contributed by atoms with Crippen LogP contribution in [0, 0.1) is 6.92 Å². The standard InChI is InChI=1S/C13H14ClN3/c1-9-6-12(15)8-17-13(9)16-7-10-2-4-11(14)5-3-10/h2-6,8H,7,15H2,1H3,(H,16,17). The number of hydrogen-bond donors (Lipinski definition) is 2. The average Bonchev–Trinajstić information content (AvgIpc) is 2.30. The summed E-state index contributed by atoms with van der Waals surface area (Å²) in [5.41, 5.74) is 8.53. The number of nitrogens with two attached hydrogens (primary N) is 1. The first-order chi connectivity index (χ1) is 8.15. The molecule has 1 aromatic carbocycles. The first-order valence-corrected chi connectivity index (χ1v) is 5.73. The molecule has 17 heavy (non-hydrogen) atoms. The molecule has 0 amide bonds. The maximum Gasteiger partial charge on any atom is 0.129 e. The number of pyridine rings is 1. The van der Waals surface area contributed by atoms with Gasteiger partial charge in [0.25, 0.3) is 0 Å². The number of nitrogens with one attached hydrogen (secondary N) is 1. The van der Waals surface area contributed by atoms with Gasteiger partial charge in [-0.15, -0.1) is 0 Å². The summed E-state index contributed by atoms with van der Waals surface area (Å²) in [6, 6.07) is 9.63. The van der Waals surface area contributed by atoms with Crippen LogP contribution in [-0.2, 0) is 6.54 Å². The van der Waals surface area contributed by atoms with E-state index in [0.29, 0.717) is 5.69 Å². The minimum atomic E-state index is 0.680. The minimum absolute atomic E-state index is 0.680. The number of halogens is 1. The van der Waals surface area contributed by atoms with E-state index >= 15 is 0 Å².